The van der Waals surface area contributed by atoms with E-state index in [1.807, 2.05) is 6.92 Å². The van der Waals surface area contributed by atoms with Crippen molar-refractivity contribution in [1.82, 2.24) is 4.98 Å². The minimum Gasteiger partial charge on any atom is -0.383 e. The lowest BCUT2D eigenvalue weighted by Crippen LogP contribution is -2.18. The van der Waals surface area contributed by atoms with Crippen LogP contribution in [0.25, 0.3) is 0 Å². The molecule has 0 aromatic carbocycles. The first-order chi connectivity index (χ1) is 7.88. The van der Waals surface area contributed by atoms with E-state index in [2.05, 4.69) is 24.1 Å². The standard InChI is InChI=1S/C11H18N4O2/c1-7(2)4-8(3)13-11-6-9(15(16)17)5-10(12)14-11/h5-8H,4H2,1-3H3,(H3,12,13,14). The molecule has 0 radical (unpaired) electrons. The van der Waals surface area contributed by atoms with Crippen molar-refractivity contribution in [2.75, 3.05) is 11.1 Å². The minimum atomic E-state index is -0.476. The van der Waals surface area contributed by atoms with Crippen molar-refractivity contribution < 1.29 is 4.92 Å². The zero-order valence-electron chi connectivity index (χ0n) is 10.3. The summed E-state index contributed by atoms with van der Waals surface area (Å²) < 4.78 is 0. The number of nitrogens with two attached hydrogens (primary N) is 1. The van der Waals surface area contributed by atoms with E-state index < -0.39 is 4.92 Å². The zero-order chi connectivity index (χ0) is 13.0. The van der Waals surface area contributed by atoms with Gasteiger partial charge in [-0.25, -0.2) is 4.98 Å². The molecule has 1 unspecified atom stereocenters. The second-order valence-electron chi connectivity index (χ2n) is 4.57. The lowest BCUT2D eigenvalue weighted by atomic mass is 10.1. The minimum absolute atomic E-state index is 0.0447. The summed E-state index contributed by atoms with van der Waals surface area (Å²) in [6, 6.07) is 2.84. The average molecular weight is 238 g/mol. The number of nitrogen functional groups attached to an aromatic ring is 1. The molecule has 1 rings (SSSR count). The molecule has 0 saturated heterocycles. The molecule has 0 aliphatic rings. The van der Waals surface area contributed by atoms with Crippen molar-refractivity contribution in [2.45, 2.75) is 33.2 Å². The van der Waals surface area contributed by atoms with Crippen molar-refractivity contribution in [1.29, 1.82) is 0 Å². The Bertz CT molecular complexity index is 406. The SMILES string of the molecule is CC(C)CC(C)Nc1cc([N+](=O)[O-])cc(N)n1. The van der Waals surface area contributed by atoms with Gasteiger partial charge in [-0.3, -0.25) is 10.1 Å². The van der Waals surface area contributed by atoms with E-state index >= 15 is 0 Å². The highest BCUT2D eigenvalue weighted by molar-refractivity contribution is 5.52. The second-order valence-corrected chi connectivity index (χ2v) is 4.57. The predicted octanol–water partition coefficient (Wildman–Crippen LogP) is 2.42. The highest BCUT2D eigenvalue weighted by Crippen LogP contribution is 2.20. The van der Waals surface area contributed by atoms with Crippen LogP contribution in [-0.2, 0) is 0 Å². The van der Waals surface area contributed by atoms with Gasteiger partial charge < -0.3 is 11.1 Å². The van der Waals surface area contributed by atoms with Gasteiger partial charge in [-0.1, -0.05) is 13.8 Å². The number of pyridine rings is 1. The highest BCUT2D eigenvalue weighted by atomic mass is 16.6. The third-order valence-electron chi connectivity index (χ3n) is 2.26. The number of hydrogen-bond donors (Lipinski definition) is 2. The Hall–Kier alpha value is -1.85. The number of rotatable bonds is 5. The van der Waals surface area contributed by atoms with E-state index in [1.165, 1.54) is 12.1 Å². The molecule has 6 heteroatoms. The molecule has 0 bridgehead atoms. The number of nitrogens with one attached hydrogen (secondary N) is 1. The summed E-state index contributed by atoms with van der Waals surface area (Å²) in [4.78, 5) is 14.2. The van der Waals surface area contributed by atoms with Crippen LogP contribution >= 0.6 is 0 Å². The smallest absolute Gasteiger partial charge is 0.276 e. The molecular weight excluding hydrogens is 220 g/mol. The molecule has 6 nitrogen and oxygen atoms in total. The number of aromatic nitrogens is 1. The third kappa shape index (κ3) is 4.26. The van der Waals surface area contributed by atoms with Crippen molar-refractivity contribution in [3.05, 3.63) is 22.2 Å². The van der Waals surface area contributed by atoms with Gasteiger partial charge >= 0.3 is 0 Å². The van der Waals surface area contributed by atoms with Crippen molar-refractivity contribution in [3.63, 3.8) is 0 Å². The van der Waals surface area contributed by atoms with Crippen LogP contribution in [0, 0.1) is 16.0 Å². The molecule has 0 saturated carbocycles. The van der Waals surface area contributed by atoms with E-state index in [9.17, 15) is 10.1 Å². The molecule has 0 spiro atoms. The summed E-state index contributed by atoms with van der Waals surface area (Å²) in [7, 11) is 0. The van der Waals surface area contributed by atoms with Crippen molar-refractivity contribution in [2.24, 2.45) is 5.92 Å². The van der Waals surface area contributed by atoms with Gasteiger partial charge in [-0.2, -0.15) is 0 Å². The topological polar surface area (TPSA) is 94.1 Å². The van der Waals surface area contributed by atoms with E-state index in [0.29, 0.717) is 11.7 Å². The largest absolute Gasteiger partial charge is 0.383 e. The van der Waals surface area contributed by atoms with Crippen LogP contribution < -0.4 is 11.1 Å². The van der Waals surface area contributed by atoms with Gasteiger partial charge in [-0.15, -0.1) is 0 Å². The maximum absolute atomic E-state index is 10.7. The molecule has 94 valence electrons. The van der Waals surface area contributed by atoms with Gasteiger partial charge in [0.1, 0.15) is 11.6 Å². The lowest BCUT2D eigenvalue weighted by Gasteiger charge is -2.16. The highest BCUT2D eigenvalue weighted by Gasteiger charge is 2.12. The number of anilines is 2. The van der Waals surface area contributed by atoms with E-state index in [1.54, 1.807) is 0 Å². The van der Waals surface area contributed by atoms with Crippen LogP contribution in [0.2, 0.25) is 0 Å². The zero-order valence-corrected chi connectivity index (χ0v) is 10.3. The first kappa shape index (κ1) is 13.2. The Morgan fingerprint density at radius 2 is 2.12 bits per heavy atom. The molecule has 17 heavy (non-hydrogen) atoms. The van der Waals surface area contributed by atoms with Crippen molar-refractivity contribution >= 4 is 17.3 Å². The van der Waals surface area contributed by atoms with Gasteiger partial charge in [0.2, 0.25) is 0 Å². The first-order valence-corrected chi connectivity index (χ1v) is 5.57. The number of nitro groups is 1. The summed E-state index contributed by atoms with van der Waals surface area (Å²) in [6.07, 6.45) is 0.963. The maximum atomic E-state index is 10.7. The van der Waals surface area contributed by atoms with Crippen LogP contribution in [0.5, 0.6) is 0 Å². The third-order valence-corrected chi connectivity index (χ3v) is 2.26. The van der Waals surface area contributed by atoms with Gasteiger partial charge in [0.25, 0.3) is 5.69 Å². The van der Waals surface area contributed by atoms with Crippen LogP contribution in [0.15, 0.2) is 12.1 Å². The van der Waals surface area contributed by atoms with E-state index in [4.69, 9.17) is 5.73 Å². The van der Waals surface area contributed by atoms with Gasteiger partial charge in [0.15, 0.2) is 0 Å². The fraction of sp³-hybridized carbons (Fsp3) is 0.545. The molecule has 1 aromatic heterocycles. The Morgan fingerprint density at radius 3 is 2.65 bits per heavy atom. The van der Waals surface area contributed by atoms with Crippen LogP contribution in [0.3, 0.4) is 0 Å². The van der Waals surface area contributed by atoms with E-state index in [-0.39, 0.29) is 17.5 Å². The molecule has 1 heterocycles. The summed E-state index contributed by atoms with van der Waals surface area (Å²) in [6.45, 7) is 6.25. The lowest BCUT2D eigenvalue weighted by molar-refractivity contribution is -0.384. The van der Waals surface area contributed by atoms with Crippen LogP contribution in [-0.4, -0.2) is 15.9 Å². The maximum Gasteiger partial charge on any atom is 0.276 e. The van der Waals surface area contributed by atoms with Gasteiger partial charge in [0, 0.05) is 6.04 Å². The van der Waals surface area contributed by atoms with Crippen LogP contribution in [0.4, 0.5) is 17.3 Å². The monoisotopic (exact) mass is 238 g/mol. The molecule has 1 atom stereocenters. The molecule has 0 aliphatic heterocycles. The van der Waals surface area contributed by atoms with E-state index in [0.717, 1.165) is 6.42 Å². The average Bonchev–Trinajstić information content (AvgIpc) is 2.14. The Morgan fingerprint density at radius 1 is 1.47 bits per heavy atom. The summed E-state index contributed by atoms with van der Waals surface area (Å²) >= 11 is 0. The molecule has 3 N–H and O–H groups in total. The van der Waals surface area contributed by atoms with Gasteiger partial charge in [-0.05, 0) is 19.3 Å². The first-order valence-electron chi connectivity index (χ1n) is 5.57. The Kier molecular flexibility index (Phi) is 4.25. The Balaban J connectivity index is 2.80. The molecule has 0 fully saturated rings. The Labute approximate surface area is 100 Å². The molecule has 0 amide bonds. The predicted molar refractivity (Wildman–Crippen MR) is 67.8 cm³/mol. The summed E-state index contributed by atoms with van der Waals surface area (Å²) in [5.74, 6) is 1.15. The summed E-state index contributed by atoms with van der Waals surface area (Å²) in [5.41, 5.74) is 5.47. The fourth-order valence-corrected chi connectivity index (χ4v) is 1.73. The van der Waals surface area contributed by atoms with Crippen molar-refractivity contribution in [3.8, 4) is 0 Å². The second kappa shape index (κ2) is 5.47. The number of hydrogen-bond acceptors (Lipinski definition) is 5. The summed E-state index contributed by atoms with van der Waals surface area (Å²) in [5, 5.41) is 13.8. The quantitative estimate of drug-likeness (QED) is 0.606. The molecule has 1 aromatic rings. The number of nitrogens with zero attached hydrogens (tertiary/aromatic N) is 2. The molecule has 0 aliphatic carbocycles. The van der Waals surface area contributed by atoms with Crippen LogP contribution in [0.1, 0.15) is 27.2 Å². The van der Waals surface area contributed by atoms with Gasteiger partial charge in [0.05, 0.1) is 17.1 Å². The normalized spacial score (nSPS) is 12.5. The molecular formula is C11H18N4O2. The fourth-order valence-electron chi connectivity index (χ4n) is 1.73.